The second-order valence-corrected chi connectivity index (χ2v) is 7.44. The minimum absolute atomic E-state index is 0.108. The average molecular weight is 355 g/mol. The molecule has 0 radical (unpaired) electrons. The molecule has 0 spiro atoms. The maximum Gasteiger partial charge on any atom is 0.271 e. The summed E-state index contributed by atoms with van der Waals surface area (Å²) in [7, 11) is 1.65. The number of hydrogen-bond donors (Lipinski definition) is 0. The van der Waals surface area contributed by atoms with Gasteiger partial charge in [-0.2, -0.15) is 0 Å². The highest BCUT2D eigenvalue weighted by Gasteiger charge is 2.24. The van der Waals surface area contributed by atoms with Crippen LogP contribution in [0.25, 0.3) is 16.2 Å². The molecule has 5 nitrogen and oxygen atoms in total. The van der Waals surface area contributed by atoms with Gasteiger partial charge >= 0.3 is 0 Å². The van der Waals surface area contributed by atoms with Gasteiger partial charge in [-0.25, -0.2) is 4.98 Å². The lowest BCUT2D eigenvalue weighted by molar-refractivity contribution is 0.0690. The summed E-state index contributed by atoms with van der Waals surface area (Å²) in [6.45, 7) is 3.94. The first-order valence-corrected chi connectivity index (χ1v) is 9.44. The van der Waals surface area contributed by atoms with E-state index in [0.29, 0.717) is 11.6 Å². The zero-order chi connectivity index (χ0) is 17.4. The molecule has 6 heteroatoms. The Morgan fingerprint density at radius 2 is 1.96 bits per heavy atom. The molecule has 1 aliphatic rings. The van der Waals surface area contributed by atoms with Crippen molar-refractivity contribution in [1.82, 2.24) is 14.3 Å². The predicted octanol–water partition coefficient (Wildman–Crippen LogP) is 3.94. The highest BCUT2D eigenvalue weighted by molar-refractivity contribution is 7.15. The number of rotatable bonds is 3. The Morgan fingerprint density at radius 3 is 2.64 bits per heavy atom. The van der Waals surface area contributed by atoms with Crippen molar-refractivity contribution in [2.75, 3.05) is 20.2 Å². The van der Waals surface area contributed by atoms with Crippen LogP contribution >= 0.6 is 11.3 Å². The lowest BCUT2D eigenvalue weighted by Gasteiger charge is -2.30. The van der Waals surface area contributed by atoms with Crippen LogP contribution in [0.4, 0.5) is 0 Å². The quantitative estimate of drug-likeness (QED) is 0.715. The zero-order valence-electron chi connectivity index (χ0n) is 14.4. The summed E-state index contributed by atoms with van der Waals surface area (Å²) in [5.41, 5.74) is 2.60. The van der Waals surface area contributed by atoms with Crippen LogP contribution in [-0.2, 0) is 0 Å². The molecule has 130 valence electrons. The number of nitrogens with zero attached hydrogens (tertiary/aromatic N) is 3. The Morgan fingerprint density at radius 1 is 1.24 bits per heavy atom. The highest BCUT2D eigenvalue weighted by Crippen LogP contribution is 2.26. The van der Waals surface area contributed by atoms with E-state index < -0.39 is 0 Å². The minimum atomic E-state index is 0.108. The largest absolute Gasteiger partial charge is 0.497 e. The van der Waals surface area contributed by atoms with E-state index in [1.165, 1.54) is 11.3 Å². The Kier molecular flexibility index (Phi) is 4.21. The number of fused-ring (bicyclic) bond motifs is 1. The van der Waals surface area contributed by atoms with E-state index in [2.05, 4.69) is 11.9 Å². The fourth-order valence-corrected chi connectivity index (χ4v) is 4.06. The van der Waals surface area contributed by atoms with Crippen molar-refractivity contribution in [2.24, 2.45) is 5.92 Å². The number of ether oxygens (including phenoxy) is 1. The van der Waals surface area contributed by atoms with Crippen LogP contribution in [0.15, 0.2) is 35.8 Å². The summed E-state index contributed by atoms with van der Waals surface area (Å²) in [5.74, 6) is 1.64. The molecule has 0 bridgehead atoms. The molecule has 3 aromatic rings. The van der Waals surface area contributed by atoms with Crippen molar-refractivity contribution in [1.29, 1.82) is 0 Å². The number of methoxy groups -OCH3 is 1. The van der Waals surface area contributed by atoms with E-state index in [1.54, 1.807) is 7.11 Å². The molecule has 0 unspecified atom stereocenters. The smallest absolute Gasteiger partial charge is 0.271 e. The molecule has 0 atom stereocenters. The second-order valence-electron chi connectivity index (χ2n) is 6.60. The fraction of sp³-hybridized carbons (Fsp3) is 0.368. The van der Waals surface area contributed by atoms with E-state index in [1.807, 2.05) is 45.1 Å². The summed E-state index contributed by atoms with van der Waals surface area (Å²) in [6, 6.07) is 7.81. The Labute approximate surface area is 150 Å². The molecular weight excluding hydrogens is 334 g/mol. The van der Waals surface area contributed by atoms with Gasteiger partial charge in [-0.05, 0) is 43.0 Å². The molecule has 0 saturated carbocycles. The first-order chi connectivity index (χ1) is 12.2. The van der Waals surface area contributed by atoms with Crippen LogP contribution in [0.5, 0.6) is 5.75 Å². The molecule has 1 saturated heterocycles. The molecule has 0 aliphatic carbocycles. The molecule has 1 fully saturated rings. The second kappa shape index (κ2) is 6.52. The normalized spacial score (nSPS) is 15.7. The van der Waals surface area contributed by atoms with Gasteiger partial charge in [0, 0.05) is 30.2 Å². The maximum atomic E-state index is 12.9. The number of likely N-dealkylation sites (tertiary alicyclic amines) is 1. The number of carbonyl (C=O) groups excluding carboxylic acids is 1. The monoisotopic (exact) mass is 355 g/mol. The third-order valence-corrected chi connectivity index (χ3v) is 5.72. The van der Waals surface area contributed by atoms with Crippen molar-refractivity contribution >= 4 is 22.2 Å². The van der Waals surface area contributed by atoms with E-state index in [-0.39, 0.29) is 5.91 Å². The summed E-state index contributed by atoms with van der Waals surface area (Å²) >= 11 is 1.51. The fourth-order valence-electron chi connectivity index (χ4n) is 3.21. The van der Waals surface area contributed by atoms with Crippen LogP contribution in [0, 0.1) is 5.92 Å². The molecule has 0 N–H and O–H groups in total. The minimum Gasteiger partial charge on any atom is -0.497 e. The third-order valence-electron chi connectivity index (χ3n) is 4.88. The van der Waals surface area contributed by atoms with Crippen molar-refractivity contribution in [2.45, 2.75) is 19.8 Å². The van der Waals surface area contributed by atoms with E-state index in [9.17, 15) is 4.79 Å². The predicted molar refractivity (Wildman–Crippen MR) is 99.4 cm³/mol. The van der Waals surface area contributed by atoms with Gasteiger partial charge < -0.3 is 9.64 Å². The lowest BCUT2D eigenvalue weighted by Crippen LogP contribution is -2.38. The van der Waals surface area contributed by atoms with Crippen molar-refractivity contribution < 1.29 is 9.53 Å². The van der Waals surface area contributed by atoms with Gasteiger partial charge in [-0.15, -0.1) is 11.3 Å². The van der Waals surface area contributed by atoms with Crippen LogP contribution in [0.1, 0.15) is 30.3 Å². The van der Waals surface area contributed by atoms with Crippen molar-refractivity contribution in [3.8, 4) is 17.0 Å². The van der Waals surface area contributed by atoms with Crippen molar-refractivity contribution in [3.63, 3.8) is 0 Å². The molecule has 25 heavy (non-hydrogen) atoms. The number of piperidine rings is 1. The summed E-state index contributed by atoms with van der Waals surface area (Å²) < 4.78 is 7.12. The summed E-state index contributed by atoms with van der Waals surface area (Å²) in [6.07, 6.45) is 4.12. The Bertz CT molecular complexity index is 889. The van der Waals surface area contributed by atoms with Crippen LogP contribution in [-0.4, -0.2) is 40.4 Å². The molecule has 1 amide bonds. The molecule has 3 heterocycles. The Hall–Kier alpha value is -2.34. The number of amides is 1. The van der Waals surface area contributed by atoms with Crippen LogP contribution in [0.2, 0.25) is 0 Å². The number of imidazole rings is 1. The molecule has 2 aromatic heterocycles. The third kappa shape index (κ3) is 3.02. The Balaban J connectivity index is 1.62. The van der Waals surface area contributed by atoms with Crippen LogP contribution in [0.3, 0.4) is 0 Å². The SMILES string of the molecule is COc1ccc(-c2cn3c(C(=O)N4CCC(C)CC4)csc3n2)cc1. The number of hydrogen-bond acceptors (Lipinski definition) is 4. The number of aromatic nitrogens is 2. The van der Waals surface area contributed by atoms with Gasteiger partial charge in [-0.1, -0.05) is 6.92 Å². The van der Waals surface area contributed by atoms with E-state index in [0.717, 1.165) is 47.9 Å². The molecule has 1 aliphatic heterocycles. The van der Waals surface area contributed by atoms with Gasteiger partial charge in [-0.3, -0.25) is 9.20 Å². The maximum absolute atomic E-state index is 12.9. The van der Waals surface area contributed by atoms with Gasteiger partial charge in [0.1, 0.15) is 11.4 Å². The van der Waals surface area contributed by atoms with Crippen LogP contribution < -0.4 is 4.74 Å². The van der Waals surface area contributed by atoms with E-state index >= 15 is 0 Å². The van der Waals surface area contributed by atoms with Crippen molar-refractivity contribution in [3.05, 3.63) is 41.5 Å². The number of thiazole rings is 1. The average Bonchev–Trinajstić information content (AvgIpc) is 3.22. The first kappa shape index (κ1) is 16.1. The first-order valence-electron chi connectivity index (χ1n) is 8.56. The zero-order valence-corrected chi connectivity index (χ0v) is 15.3. The number of carbonyl (C=O) groups is 1. The molecule has 4 rings (SSSR count). The molecule has 1 aromatic carbocycles. The standard InChI is InChI=1S/C19H21N3O2S/c1-13-7-9-21(10-8-13)18(23)17-12-25-19-20-16(11-22(17)19)14-3-5-15(24-2)6-4-14/h3-6,11-13H,7-10H2,1-2H3. The number of benzene rings is 1. The van der Waals surface area contributed by atoms with Gasteiger partial charge in [0.15, 0.2) is 4.96 Å². The highest BCUT2D eigenvalue weighted by atomic mass is 32.1. The summed E-state index contributed by atoms with van der Waals surface area (Å²) in [5, 5.41) is 1.92. The van der Waals surface area contributed by atoms with Gasteiger partial charge in [0.05, 0.1) is 12.8 Å². The topological polar surface area (TPSA) is 46.8 Å². The summed E-state index contributed by atoms with van der Waals surface area (Å²) in [4.78, 5) is 20.4. The molecular formula is C19H21N3O2S. The van der Waals surface area contributed by atoms with E-state index in [4.69, 9.17) is 4.74 Å². The van der Waals surface area contributed by atoms with Gasteiger partial charge in [0.2, 0.25) is 0 Å². The van der Waals surface area contributed by atoms with Gasteiger partial charge in [0.25, 0.3) is 5.91 Å². The lowest BCUT2D eigenvalue weighted by atomic mass is 9.99.